The van der Waals surface area contributed by atoms with Gasteiger partial charge < -0.3 is 15.2 Å². The molecule has 0 unspecified atom stereocenters. The van der Waals surface area contributed by atoms with Crippen LogP contribution in [0.15, 0.2) is 39.6 Å². The van der Waals surface area contributed by atoms with Gasteiger partial charge in [0.1, 0.15) is 29.5 Å². The smallest absolute Gasteiger partial charge is 0.414 e. The molecule has 0 aliphatic heterocycles. The summed E-state index contributed by atoms with van der Waals surface area (Å²) in [6.07, 6.45) is 1.40. The molecule has 0 atom stereocenters. The largest absolute Gasteiger partial charge is 0.493 e. The van der Waals surface area contributed by atoms with Gasteiger partial charge in [-0.2, -0.15) is 4.98 Å². The van der Waals surface area contributed by atoms with Crippen molar-refractivity contribution in [2.24, 2.45) is 0 Å². The number of aromatic nitrogens is 4. The van der Waals surface area contributed by atoms with E-state index in [-0.39, 0.29) is 18.5 Å². The molecule has 8 nitrogen and oxygen atoms in total. The number of nitrogens with zero attached hydrogens (tertiary/aromatic N) is 4. The van der Waals surface area contributed by atoms with Crippen LogP contribution in [0.25, 0.3) is 10.6 Å². The molecule has 0 radical (unpaired) electrons. The number of thiophene rings is 1. The summed E-state index contributed by atoms with van der Waals surface area (Å²) in [4.78, 5) is 14.0. The summed E-state index contributed by atoms with van der Waals surface area (Å²) in [5, 5.41) is 16.1. The van der Waals surface area contributed by atoms with E-state index in [9.17, 15) is 13.9 Å². The molecule has 4 rings (SSSR count). The van der Waals surface area contributed by atoms with Crippen LogP contribution in [0.3, 0.4) is 0 Å². The number of benzene rings is 1. The fourth-order valence-electron chi connectivity index (χ4n) is 3.11. The van der Waals surface area contributed by atoms with Gasteiger partial charge in [-0.3, -0.25) is 4.52 Å². The molecule has 0 saturated heterocycles. The van der Waals surface area contributed by atoms with Crippen LogP contribution >= 0.6 is 27.3 Å². The first kappa shape index (κ1) is 23.1. The van der Waals surface area contributed by atoms with Gasteiger partial charge in [0.25, 0.3) is 0 Å². The Morgan fingerprint density at radius 3 is 2.67 bits per heavy atom. The Labute approximate surface area is 199 Å². The number of hydrogen-bond donors (Lipinski definition) is 2. The first-order chi connectivity index (χ1) is 15.9. The Kier molecular flexibility index (Phi) is 7.14. The van der Waals surface area contributed by atoms with Gasteiger partial charge in [0.15, 0.2) is 5.82 Å². The molecule has 0 aliphatic rings. The minimum Gasteiger partial charge on any atom is -0.493 e. The van der Waals surface area contributed by atoms with Crippen LogP contribution in [0.1, 0.15) is 23.2 Å². The molecule has 0 saturated carbocycles. The van der Waals surface area contributed by atoms with Crippen LogP contribution in [-0.2, 0) is 12.8 Å². The van der Waals surface area contributed by atoms with Crippen LogP contribution in [0.4, 0.5) is 14.6 Å². The second-order valence-electron chi connectivity index (χ2n) is 6.81. The molecule has 12 heteroatoms. The van der Waals surface area contributed by atoms with Crippen molar-refractivity contribution >= 4 is 33.1 Å². The Hall–Kier alpha value is -3.12. The van der Waals surface area contributed by atoms with E-state index >= 15 is 0 Å². The average Bonchev–Trinajstić information content (AvgIpc) is 3.36. The zero-order valence-electron chi connectivity index (χ0n) is 17.3. The molecule has 0 bridgehead atoms. The van der Waals surface area contributed by atoms with E-state index in [0.29, 0.717) is 40.6 Å². The van der Waals surface area contributed by atoms with Gasteiger partial charge in [-0.25, -0.2) is 18.7 Å². The van der Waals surface area contributed by atoms with Crippen molar-refractivity contribution in [3.8, 4) is 22.4 Å². The normalized spacial score (nSPS) is 11.0. The van der Waals surface area contributed by atoms with Crippen molar-refractivity contribution < 1.29 is 23.1 Å². The summed E-state index contributed by atoms with van der Waals surface area (Å²) in [5.74, 6) is 0.317. The molecule has 0 amide bonds. The highest BCUT2D eigenvalue weighted by Crippen LogP contribution is 2.37. The molecular formula is C21H18BrF2N5O3S. The van der Waals surface area contributed by atoms with Gasteiger partial charge in [0.2, 0.25) is 0 Å². The quantitative estimate of drug-likeness (QED) is 0.308. The maximum atomic E-state index is 14.0. The third-order valence-electron chi connectivity index (χ3n) is 4.55. The van der Waals surface area contributed by atoms with Crippen LogP contribution < -0.4 is 10.1 Å². The van der Waals surface area contributed by atoms with Gasteiger partial charge in [-0.15, -0.1) is 11.3 Å². The first-order valence-corrected chi connectivity index (χ1v) is 11.5. The number of nitrogens with one attached hydrogen (secondary N) is 1. The predicted octanol–water partition coefficient (Wildman–Crippen LogP) is 4.98. The van der Waals surface area contributed by atoms with Gasteiger partial charge in [0, 0.05) is 35.1 Å². The average molecular weight is 538 g/mol. The standard InChI is InChI=1S/C21H18BrF2N5O3S/c1-2-31-16-8-17(33-18(16)9-20-28-21(30)32-29-20)15-7-19(27-10-26-15)25-4-3-12-13(23)5-11(22)6-14(12)24/h5-8,10H,2-4,9H2,1H3,(H,25,26,27)(H,28,29,30). The summed E-state index contributed by atoms with van der Waals surface area (Å²) >= 11 is 4.52. The van der Waals surface area contributed by atoms with E-state index in [1.54, 1.807) is 6.07 Å². The highest BCUT2D eigenvalue weighted by atomic mass is 79.9. The minimum atomic E-state index is -0.600. The molecule has 0 fully saturated rings. The fraction of sp³-hybridized carbons (Fsp3) is 0.238. The van der Waals surface area contributed by atoms with E-state index in [2.05, 4.69) is 45.9 Å². The van der Waals surface area contributed by atoms with Crippen molar-refractivity contribution in [3.05, 3.63) is 63.0 Å². The zero-order chi connectivity index (χ0) is 23.4. The van der Waals surface area contributed by atoms with Gasteiger partial charge >= 0.3 is 6.08 Å². The third-order valence-corrected chi connectivity index (χ3v) is 6.15. The van der Waals surface area contributed by atoms with E-state index < -0.39 is 17.7 Å². The highest BCUT2D eigenvalue weighted by Gasteiger charge is 2.17. The summed E-state index contributed by atoms with van der Waals surface area (Å²) in [5.41, 5.74) is 0.665. The van der Waals surface area contributed by atoms with Gasteiger partial charge in [0.05, 0.1) is 22.1 Å². The monoisotopic (exact) mass is 537 g/mol. The van der Waals surface area contributed by atoms with E-state index in [1.807, 2.05) is 13.0 Å². The second kappa shape index (κ2) is 10.2. The van der Waals surface area contributed by atoms with Crippen LogP contribution in [0.5, 0.6) is 11.8 Å². The lowest BCUT2D eigenvalue weighted by Gasteiger charge is -2.08. The summed E-state index contributed by atoms with van der Waals surface area (Å²) in [7, 11) is 0. The molecule has 0 aliphatic carbocycles. The summed E-state index contributed by atoms with van der Waals surface area (Å²) < 4.78 is 38.7. The molecule has 2 N–H and O–H groups in total. The highest BCUT2D eigenvalue weighted by molar-refractivity contribution is 9.10. The Morgan fingerprint density at radius 2 is 1.97 bits per heavy atom. The van der Waals surface area contributed by atoms with Crippen molar-refractivity contribution in [3.63, 3.8) is 0 Å². The SMILES string of the molecule is CCOc1cc(-c2cc(NCCc3c(F)cc(Br)cc3F)ncn2)sc1Cc1noc(O)n1. The van der Waals surface area contributed by atoms with E-state index in [1.165, 1.54) is 29.8 Å². The summed E-state index contributed by atoms with van der Waals surface area (Å²) in [6, 6.07) is 6.09. The Balaban J connectivity index is 1.48. The second-order valence-corrected chi connectivity index (χ2v) is 8.87. The van der Waals surface area contributed by atoms with Crippen molar-refractivity contribution in [1.82, 2.24) is 20.1 Å². The Bertz CT molecular complexity index is 1240. The topological polar surface area (TPSA) is 106 Å². The van der Waals surface area contributed by atoms with Gasteiger partial charge in [-0.1, -0.05) is 21.1 Å². The lowest BCUT2D eigenvalue weighted by Crippen LogP contribution is -2.09. The first-order valence-electron chi connectivity index (χ1n) is 9.89. The Morgan fingerprint density at radius 1 is 1.18 bits per heavy atom. The number of aromatic hydroxyl groups is 1. The lowest BCUT2D eigenvalue weighted by molar-refractivity contribution is 0.266. The molecule has 172 valence electrons. The molecule has 33 heavy (non-hydrogen) atoms. The van der Waals surface area contributed by atoms with E-state index in [4.69, 9.17) is 4.74 Å². The molecule has 3 aromatic heterocycles. The van der Waals surface area contributed by atoms with Crippen molar-refractivity contribution in [2.75, 3.05) is 18.5 Å². The van der Waals surface area contributed by atoms with Gasteiger partial charge in [-0.05, 0) is 25.5 Å². The molecular weight excluding hydrogens is 520 g/mol. The lowest BCUT2D eigenvalue weighted by atomic mass is 10.1. The maximum absolute atomic E-state index is 14.0. The number of hydrogen-bond acceptors (Lipinski definition) is 9. The predicted molar refractivity (Wildman–Crippen MR) is 122 cm³/mol. The van der Waals surface area contributed by atoms with Crippen LogP contribution in [0, 0.1) is 11.6 Å². The summed E-state index contributed by atoms with van der Waals surface area (Å²) in [6.45, 7) is 2.64. The zero-order valence-corrected chi connectivity index (χ0v) is 19.7. The minimum absolute atomic E-state index is 0.0109. The number of rotatable bonds is 9. The fourth-order valence-corrected chi connectivity index (χ4v) is 4.58. The third kappa shape index (κ3) is 5.63. The van der Waals surface area contributed by atoms with Crippen molar-refractivity contribution in [1.29, 1.82) is 0 Å². The van der Waals surface area contributed by atoms with Crippen LogP contribution in [0.2, 0.25) is 0 Å². The van der Waals surface area contributed by atoms with E-state index in [0.717, 1.165) is 9.75 Å². The number of ether oxygens (including phenoxy) is 1. The molecule has 0 spiro atoms. The molecule has 1 aromatic carbocycles. The number of halogens is 3. The molecule has 4 aromatic rings. The maximum Gasteiger partial charge on any atom is 0.414 e. The van der Waals surface area contributed by atoms with Crippen LogP contribution in [-0.4, -0.2) is 38.4 Å². The number of anilines is 1. The van der Waals surface area contributed by atoms with Crippen molar-refractivity contribution in [2.45, 2.75) is 19.8 Å². The molecule has 3 heterocycles.